The highest BCUT2D eigenvalue weighted by Gasteiger charge is 2.48. The molecule has 0 amide bonds. The van der Waals surface area contributed by atoms with Gasteiger partial charge in [-0.05, 0) is 17.9 Å². The maximum absolute atomic E-state index is 12.7. The van der Waals surface area contributed by atoms with E-state index in [0.29, 0.717) is 31.9 Å². The van der Waals surface area contributed by atoms with Crippen LogP contribution in [0.5, 0.6) is 0 Å². The van der Waals surface area contributed by atoms with Gasteiger partial charge in [-0.15, -0.1) is 0 Å². The molecule has 2 bridgehead atoms. The van der Waals surface area contributed by atoms with Crippen LogP contribution >= 0.6 is 7.82 Å². The van der Waals surface area contributed by atoms with Crippen LogP contribution in [0.15, 0.2) is 30.3 Å². The van der Waals surface area contributed by atoms with Crippen molar-refractivity contribution in [2.45, 2.75) is 147 Å². The Bertz CT molecular complexity index is 899. The molecule has 8 heteroatoms. The van der Waals surface area contributed by atoms with Gasteiger partial charge in [-0.3, -0.25) is 4.57 Å². The minimum absolute atomic E-state index is 0.105. The van der Waals surface area contributed by atoms with Gasteiger partial charge in [-0.25, -0.2) is 0 Å². The minimum atomic E-state index is -4.43. The van der Waals surface area contributed by atoms with Crippen LogP contribution in [0.3, 0.4) is 0 Å². The monoisotopic (exact) mass is 637 g/mol. The predicted molar refractivity (Wildman–Crippen MR) is 177 cm³/mol. The number of hydrogen-bond acceptors (Lipinski definition) is 6. The van der Waals surface area contributed by atoms with Gasteiger partial charge in [0, 0.05) is 32.3 Å². The van der Waals surface area contributed by atoms with Crippen LogP contribution in [0.25, 0.3) is 0 Å². The Morgan fingerprint density at radius 3 is 1.91 bits per heavy atom. The van der Waals surface area contributed by atoms with E-state index in [1.807, 2.05) is 30.3 Å². The van der Waals surface area contributed by atoms with Crippen molar-refractivity contribution in [2.24, 2.45) is 5.92 Å². The fourth-order valence-electron chi connectivity index (χ4n) is 7.08. The fraction of sp³-hybridized carbons (Fsp3) is 0.833. The highest BCUT2D eigenvalue weighted by Crippen LogP contribution is 2.45. The van der Waals surface area contributed by atoms with Crippen LogP contribution in [0.2, 0.25) is 0 Å². The zero-order valence-corrected chi connectivity index (χ0v) is 29.2. The highest BCUT2D eigenvalue weighted by molar-refractivity contribution is 7.45. The first-order chi connectivity index (χ1) is 21.3. The Hall–Kier alpha value is -0.790. The molecule has 1 aromatic carbocycles. The van der Waals surface area contributed by atoms with Gasteiger partial charge < -0.3 is 27.9 Å². The van der Waals surface area contributed by atoms with Gasteiger partial charge in [0.1, 0.15) is 6.10 Å². The van der Waals surface area contributed by atoms with Gasteiger partial charge in [-0.2, -0.15) is 0 Å². The normalized spacial score (nSPS) is 23.0. The van der Waals surface area contributed by atoms with Crippen molar-refractivity contribution < 1.29 is 32.5 Å². The summed E-state index contributed by atoms with van der Waals surface area (Å²) < 4.78 is 36.4. The molecule has 2 fully saturated rings. The summed E-state index contributed by atoms with van der Waals surface area (Å²) in [7, 11) is 0.180. The number of fused-ring (bicyclic) bond motifs is 2. The Balaban J connectivity index is 1.26. The Kier molecular flexibility index (Phi) is 18.1. The second kappa shape index (κ2) is 21.2. The van der Waals surface area contributed by atoms with E-state index < -0.39 is 13.9 Å². The Morgan fingerprint density at radius 2 is 1.34 bits per heavy atom. The summed E-state index contributed by atoms with van der Waals surface area (Å²) in [5, 5.41) is 0. The molecule has 0 saturated carbocycles. The molecule has 2 aliphatic heterocycles. The first-order valence-electron chi connectivity index (χ1n) is 18.0. The molecule has 3 rings (SSSR count). The standard InChI is InChI=1S/C36H64NO6P/c1-4-5-6-7-8-9-10-11-12-13-14-15-16-20-25-40-30-36(41-28-32-21-18-17-19-22-32)31-43-44(38,39)42-29-33-26-34-23-24-35(27-33)37(34,2)3/h17-19,21-22,33-36H,4-16,20,23-31H2,1-3H3. The second-order valence-electron chi connectivity index (χ2n) is 14.0. The molecule has 2 heterocycles. The third kappa shape index (κ3) is 14.8. The molecule has 4 atom stereocenters. The van der Waals surface area contributed by atoms with E-state index in [1.54, 1.807) is 0 Å². The molecule has 0 N–H and O–H groups in total. The summed E-state index contributed by atoms with van der Waals surface area (Å²) in [5.74, 6) is 0.267. The van der Waals surface area contributed by atoms with Crippen LogP contribution in [-0.4, -0.2) is 63.2 Å². The molecule has 4 unspecified atom stereocenters. The zero-order chi connectivity index (χ0) is 31.5. The number of unbranched alkanes of at least 4 members (excludes halogenated alkanes) is 13. The molecule has 0 radical (unpaired) electrons. The van der Waals surface area contributed by atoms with Crippen molar-refractivity contribution >= 4 is 7.82 Å². The summed E-state index contributed by atoms with van der Waals surface area (Å²) >= 11 is 0. The summed E-state index contributed by atoms with van der Waals surface area (Å²) in [5.41, 5.74) is 1.03. The number of benzene rings is 1. The zero-order valence-electron chi connectivity index (χ0n) is 28.3. The lowest BCUT2D eigenvalue weighted by atomic mass is 9.90. The van der Waals surface area contributed by atoms with Gasteiger partial charge in [0.05, 0.1) is 52.6 Å². The quantitative estimate of drug-likeness (QED) is 0.0575. The van der Waals surface area contributed by atoms with Gasteiger partial charge in [0.2, 0.25) is 0 Å². The van der Waals surface area contributed by atoms with E-state index in [0.717, 1.165) is 35.7 Å². The molecule has 2 saturated heterocycles. The first kappa shape index (κ1) is 37.7. The van der Waals surface area contributed by atoms with Gasteiger partial charge >= 0.3 is 0 Å². The van der Waals surface area contributed by atoms with Crippen LogP contribution in [0.4, 0.5) is 0 Å². The Morgan fingerprint density at radius 1 is 0.795 bits per heavy atom. The molecular formula is C36H64NO6P. The largest absolute Gasteiger partial charge is 0.756 e. The number of nitrogens with zero attached hydrogens (tertiary/aromatic N) is 1. The predicted octanol–water partition coefficient (Wildman–Crippen LogP) is 8.59. The van der Waals surface area contributed by atoms with Crippen LogP contribution in [0.1, 0.15) is 128 Å². The van der Waals surface area contributed by atoms with Crippen molar-refractivity contribution in [2.75, 3.05) is 40.5 Å². The van der Waals surface area contributed by atoms with Crippen LogP contribution < -0.4 is 4.89 Å². The van der Waals surface area contributed by atoms with E-state index in [2.05, 4.69) is 21.0 Å². The number of piperidine rings is 1. The summed E-state index contributed by atoms with van der Waals surface area (Å²) in [4.78, 5) is 12.7. The van der Waals surface area contributed by atoms with E-state index >= 15 is 0 Å². The number of rotatable bonds is 26. The van der Waals surface area contributed by atoms with Crippen molar-refractivity contribution in [3.63, 3.8) is 0 Å². The molecule has 0 spiro atoms. The van der Waals surface area contributed by atoms with Crippen molar-refractivity contribution in [3.8, 4) is 0 Å². The number of phosphoric acid groups is 1. The van der Waals surface area contributed by atoms with Crippen molar-refractivity contribution in [1.82, 2.24) is 0 Å². The molecule has 0 aromatic heterocycles. The topological polar surface area (TPSA) is 77.1 Å². The van der Waals surface area contributed by atoms with Crippen LogP contribution in [0, 0.1) is 5.92 Å². The summed E-state index contributed by atoms with van der Waals surface area (Å²) in [6, 6.07) is 11.1. The lowest BCUT2D eigenvalue weighted by molar-refractivity contribution is -0.931. The first-order valence-corrected chi connectivity index (χ1v) is 19.4. The average molecular weight is 638 g/mol. The number of hydrogen-bond donors (Lipinski definition) is 0. The number of ether oxygens (including phenoxy) is 2. The highest BCUT2D eigenvalue weighted by atomic mass is 31.2. The van der Waals surface area contributed by atoms with E-state index in [4.69, 9.17) is 18.5 Å². The smallest absolute Gasteiger partial charge is 0.267 e. The van der Waals surface area contributed by atoms with Crippen LogP contribution in [-0.2, 0) is 29.7 Å². The number of phosphoric ester groups is 1. The lowest BCUT2D eigenvalue weighted by Crippen LogP contribution is -2.54. The van der Waals surface area contributed by atoms with E-state index in [1.165, 1.54) is 89.9 Å². The summed E-state index contributed by atoms with van der Waals surface area (Å²) in [6.07, 6.45) is 22.5. The maximum Gasteiger partial charge on any atom is 0.267 e. The molecule has 0 aliphatic carbocycles. The summed E-state index contributed by atoms with van der Waals surface area (Å²) in [6.45, 7) is 3.69. The molecule has 2 aliphatic rings. The van der Waals surface area contributed by atoms with Crippen molar-refractivity contribution in [1.29, 1.82) is 0 Å². The van der Waals surface area contributed by atoms with Gasteiger partial charge in [0.25, 0.3) is 7.82 Å². The average Bonchev–Trinajstić information content (AvgIpc) is 3.15. The fourth-order valence-corrected chi connectivity index (χ4v) is 7.90. The molecule has 1 aromatic rings. The molecule has 44 heavy (non-hydrogen) atoms. The third-order valence-electron chi connectivity index (χ3n) is 10.1. The molecule has 7 nitrogen and oxygen atoms in total. The number of quaternary nitrogens is 1. The SMILES string of the molecule is CCCCCCCCCCCCCCCCOCC(COP(=O)([O-])OCC1CC2CCC(C1)[N+]2(C)C)OCc1ccccc1. The maximum atomic E-state index is 12.7. The Labute approximate surface area is 269 Å². The lowest BCUT2D eigenvalue weighted by Gasteiger charge is -2.44. The second-order valence-corrected chi connectivity index (χ2v) is 15.4. The minimum Gasteiger partial charge on any atom is -0.756 e. The molecule has 254 valence electrons. The van der Waals surface area contributed by atoms with E-state index in [9.17, 15) is 9.46 Å². The third-order valence-corrected chi connectivity index (χ3v) is 11.0. The van der Waals surface area contributed by atoms with Gasteiger partial charge in [-0.1, -0.05) is 121 Å². The van der Waals surface area contributed by atoms with E-state index in [-0.39, 0.29) is 19.1 Å². The van der Waals surface area contributed by atoms with Gasteiger partial charge in [0.15, 0.2) is 0 Å². The van der Waals surface area contributed by atoms with Crippen molar-refractivity contribution in [3.05, 3.63) is 35.9 Å². The molecular weight excluding hydrogens is 573 g/mol.